The third-order valence-corrected chi connectivity index (χ3v) is 0.766. The lowest BCUT2D eigenvalue weighted by atomic mass is 10.7. The van der Waals surface area contributed by atoms with E-state index in [4.69, 9.17) is 0 Å². The highest BCUT2D eigenvalue weighted by atomic mass is 15.5. The van der Waals surface area contributed by atoms with Gasteiger partial charge in [-0.3, -0.25) is 0 Å². The predicted molar refractivity (Wildman–Crippen MR) is 40.0 cm³/mol. The minimum atomic E-state index is 0. The van der Waals surface area contributed by atoms with E-state index in [-0.39, 0.29) is 6.15 Å². The Balaban J connectivity index is 0.000000167. The van der Waals surface area contributed by atoms with E-state index in [0.29, 0.717) is 0 Å². The summed E-state index contributed by atoms with van der Waals surface area (Å²) >= 11 is 0. The van der Waals surface area contributed by atoms with E-state index in [1.165, 1.54) is 6.33 Å². The molecule has 0 amide bonds. The fourth-order valence-electron chi connectivity index (χ4n) is 0.407. The van der Waals surface area contributed by atoms with E-state index >= 15 is 0 Å². The van der Waals surface area contributed by atoms with Gasteiger partial charge in [-0.15, -0.1) is 10.2 Å². The van der Waals surface area contributed by atoms with E-state index in [9.17, 15) is 0 Å². The van der Waals surface area contributed by atoms with Crippen molar-refractivity contribution in [2.45, 2.75) is 0 Å². The number of tetrazole rings is 1. The van der Waals surface area contributed by atoms with Gasteiger partial charge >= 0.3 is 0 Å². The molecule has 0 unspecified atom stereocenters. The summed E-state index contributed by atoms with van der Waals surface area (Å²) in [5.74, 6) is 0. The molecule has 0 saturated heterocycles. The van der Waals surface area contributed by atoms with Crippen LogP contribution in [0.1, 0.15) is 0 Å². The number of nitrogens with one attached hydrogen (secondary N) is 2. The molecule has 0 fully saturated rings. The molecule has 5 N–H and O–H groups in total. The molecular formula is C5H10N6. The van der Waals surface area contributed by atoms with Crippen LogP contribution in [0.15, 0.2) is 30.9 Å². The van der Waals surface area contributed by atoms with E-state index in [2.05, 4.69) is 25.6 Å². The van der Waals surface area contributed by atoms with E-state index < -0.39 is 0 Å². The van der Waals surface area contributed by atoms with Crippen LogP contribution in [-0.4, -0.2) is 25.6 Å². The van der Waals surface area contributed by atoms with Crippen LogP contribution in [0.3, 0.4) is 0 Å². The maximum Gasteiger partial charge on any atom is 0.161 e. The van der Waals surface area contributed by atoms with Crippen LogP contribution >= 0.6 is 0 Å². The Kier molecular flexibility index (Phi) is 5.44. The summed E-state index contributed by atoms with van der Waals surface area (Å²) in [6.07, 6.45) is 5.08. The van der Waals surface area contributed by atoms with Gasteiger partial charge in [-0.25, -0.2) is 0 Å². The van der Waals surface area contributed by atoms with Crippen molar-refractivity contribution in [1.82, 2.24) is 31.8 Å². The molecule has 11 heavy (non-hydrogen) atoms. The fraction of sp³-hybridized carbons (Fsp3) is 0. The molecule has 0 aliphatic rings. The Morgan fingerprint density at radius 1 is 1.09 bits per heavy atom. The molecule has 0 aliphatic carbocycles. The summed E-state index contributed by atoms with van der Waals surface area (Å²) in [7, 11) is 0. The first-order valence-corrected chi connectivity index (χ1v) is 2.74. The summed E-state index contributed by atoms with van der Waals surface area (Å²) in [5, 5.41) is 12.2. The van der Waals surface area contributed by atoms with Crippen molar-refractivity contribution in [2.24, 2.45) is 0 Å². The monoisotopic (exact) mass is 154 g/mol. The summed E-state index contributed by atoms with van der Waals surface area (Å²) in [6.45, 7) is 0. The molecule has 2 aromatic heterocycles. The summed E-state index contributed by atoms with van der Waals surface area (Å²) in [4.78, 5) is 2.86. The van der Waals surface area contributed by atoms with Gasteiger partial charge in [0.1, 0.15) is 0 Å². The fourth-order valence-corrected chi connectivity index (χ4v) is 0.407. The van der Waals surface area contributed by atoms with Crippen molar-refractivity contribution in [1.29, 1.82) is 0 Å². The number of hydrogen-bond acceptors (Lipinski definition) is 4. The first kappa shape index (κ1) is 9.31. The quantitative estimate of drug-likeness (QED) is 0.509. The highest BCUT2D eigenvalue weighted by molar-refractivity contribution is 4.84. The van der Waals surface area contributed by atoms with Gasteiger partial charge in [0.25, 0.3) is 0 Å². The topological polar surface area (TPSA) is 105 Å². The standard InChI is InChI=1S/C4H5N.CH2N4.H3N/c2*1-2-4-5-3-1;/h1-5H;1H,(H,2,3,4,5);1H3. The number of hydrogen-bond donors (Lipinski definition) is 3. The Morgan fingerprint density at radius 3 is 2.00 bits per heavy atom. The second-order valence-corrected chi connectivity index (χ2v) is 1.44. The molecule has 0 atom stereocenters. The lowest BCUT2D eigenvalue weighted by molar-refractivity contribution is 0.881. The van der Waals surface area contributed by atoms with Crippen LogP contribution in [0.4, 0.5) is 0 Å². The van der Waals surface area contributed by atoms with Gasteiger partial charge in [-0.05, 0) is 12.1 Å². The van der Waals surface area contributed by atoms with Crippen LogP contribution in [0.25, 0.3) is 0 Å². The molecule has 6 nitrogen and oxygen atoms in total. The number of rotatable bonds is 0. The maximum atomic E-state index is 3.38. The van der Waals surface area contributed by atoms with Crippen molar-refractivity contribution in [3.8, 4) is 0 Å². The number of aromatic nitrogens is 5. The van der Waals surface area contributed by atoms with Crippen molar-refractivity contribution in [3.63, 3.8) is 0 Å². The van der Waals surface area contributed by atoms with Crippen molar-refractivity contribution >= 4 is 0 Å². The van der Waals surface area contributed by atoms with Gasteiger partial charge in [-0.1, -0.05) is 5.21 Å². The molecule has 2 rings (SSSR count). The molecule has 2 aromatic rings. The molecule has 60 valence electrons. The van der Waals surface area contributed by atoms with Crippen molar-refractivity contribution in [3.05, 3.63) is 30.9 Å². The molecule has 0 aliphatic heterocycles. The molecule has 0 aromatic carbocycles. The normalized spacial score (nSPS) is 7.27. The molecule has 0 bridgehead atoms. The van der Waals surface area contributed by atoms with Crippen LogP contribution in [0.2, 0.25) is 0 Å². The third kappa shape index (κ3) is 4.79. The largest absolute Gasteiger partial charge is 0.368 e. The minimum Gasteiger partial charge on any atom is -0.368 e. The van der Waals surface area contributed by atoms with Gasteiger partial charge in [-0.2, -0.15) is 5.21 Å². The Bertz CT molecular complexity index is 150. The average Bonchev–Trinajstić information content (AvgIpc) is 2.67. The van der Waals surface area contributed by atoms with Crippen molar-refractivity contribution in [2.75, 3.05) is 0 Å². The van der Waals surface area contributed by atoms with E-state index in [1.807, 2.05) is 24.5 Å². The third-order valence-electron chi connectivity index (χ3n) is 0.766. The highest BCUT2D eigenvalue weighted by Crippen LogP contribution is 1.72. The zero-order valence-corrected chi connectivity index (χ0v) is 5.94. The summed E-state index contributed by atoms with van der Waals surface area (Å²) in [5.41, 5.74) is 0. The minimum absolute atomic E-state index is 0. The molecule has 0 spiro atoms. The first-order valence-electron chi connectivity index (χ1n) is 2.74. The van der Waals surface area contributed by atoms with Crippen LogP contribution in [0.5, 0.6) is 0 Å². The molecular weight excluding hydrogens is 144 g/mol. The summed E-state index contributed by atoms with van der Waals surface area (Å²) in [6, 6.07) is 3.89. The van der Waals surface area contributed by atoms with E-state index in [0.717, 1.165) is 0 Å². The van der Waals surface area contributed by atoms with Crippen molar-refractivity contribution < 1.29 is 0 Å². The van der Waals surface area contributed by atoms with Crippen LogP contribution in [-0.2, 0) is 0 Å². The van der Waals surface area contributed by atoms with Gasteiger partial charge < -0.3 is 11.1 Å². The first-order chi connectivity index (χ1) is 5.00. The maximum absolute atomic E-state index is 3.38. The number of H-pyrrole nitrogens is 2. The molecule has 6 heteroatoms. The SMILES string of the molecule is N.c1cc[nH]c1.c1nn[nH]n1. The van der Waals surface area contributed by atoms with Gasteiger partial charge in [0.2, 0.25) is 0 Å². The number of nitrogens with zero attached hydrogens (tertiary/aromatic N) is 3. The Labute approximate surface area is 63.6 Å². The lowest BCUT2D eigenvalue weighted by Crippen LogP contribution is -1.64. The molecule has 0 saturated carbocycles. The zero-order valence-electron chi connectivity index (χ0n) is 5.94. The zero-order chi connectivity index (χ0) is 7.07. The van der Waals surface area contributed by atoms with E-state index in [1.54, 1.807) is 0 Å². The van der Waals surface area contributed by atoms with Gasteiger partial charge in [0.15, 0.2) is 6.33 Å². The second kappa shape index (κ2) is 6.43. The lowest BCUT2D eigenvalue weighted by Gasteiger charge is -1.49. The Morgan fingerprint density at radius 2 is 1.82 bits per heavy atom. The van der Waals surface area contributed by atoms with Crippen LogP contribution in [0, 0.1) is 0 Å². The number of aromatic amines is 2. The van der Waals surface area contributed by atoms with Crippen LogP contribution < -0.4 is 6.15 Å². The molecule has 0 radical (unpaired) electrons. The second-order valence-electron chi connectivity index (χ2n) is 1.44. The van der Waals surface area contributed by atoms with Gasteiger partial charge in [0, 0.05) is 12.4 Å². The molecule has 2 heterocycles. The highest BCUT2D eigenvalue weighted by Gasteiger charge is 1.58. The predicted octanol–water partition coefficient (Wildman–Crippen LogP) is 0.376. The van der Waals surface area contributed by atoms with Gasteiger partial charge in [0.05, 0.1) is 0 Å². The summed E-state index contributed by atoms with van der Waals surface area (Å²) < 4.78 is 0. The Hall–Kier alpha value is -1.69. The average molecular weight is 154 g/mol. The smallest absolute Gasteiger partial charge is 0.161 e.